The Bertz CT molecular complexity index is 2800. The van der Waals surface area contributed by atoms with Gasteiger partial charge < -0.3 is 0 Å². The molecule has 0 fully saturated rings. The van der Waals surface area contributed by atoms with E-state index in [0.29, 0.717) is 0 Å². The van der Waals surface area contributed by atoms with Crippen molar-refractivity contribution in [2.24, 2.45) is 0 Å². The van der Waals surface area contributed by atoms with Crippen LogP contribution in [0.15, 0.2) is 158 Å². The van der Waals surface area contributed by atoms with Gasteiger partial charge in [-0.05, 0) is 134 Å². The summed E-state index contributed by atoms with van der Waals surface area (Å²) in [6.07, 6.45) is 0. The number of hydrogen-bond acceptors (Lipinski definition) is 0. The molecule has 0 saturated heterocycles. The van der Waals surface area contributed by atoms with E-state index in [4.69, 9.17) is 0 Å². The molecule has 52 heavy (non-hydrogen) atoms. The molecular formula is C52H38. The Morgan fingerprint density at radius 1 is 0.308 bits per heavy atom. The summed E-state index contributed by atoms with van der Waals surface area (Å²) in [5.74, 6) is 0. The van der Waals surface area contributed by atoms with E-state index >= 15 is 0 Å². The number of benzene rings is 9. The van der Waals surface area contributed by atoms with Crippen molar-refractivity contribution in [3.8, 4) is 44.5 Å². The summed E-state index contributed by atoms with van der Waals surface area (Å²) >= 11 is 0. The average Bonchev–Trinajstić information content (AvgIpc) is 3.56. The van der Waals surface area contributed by atoms with Crippen LogP contribution in [0.2, 0.25) is 0 Å². The molecule has 0 bridgehead atoms. The van der Waals surface area contributed by atoms with Crippen LogP contribution in [-0.4, -0.2) is 0 Å². The highest BCUT2D eigenvalue weighted by Gasteiger charge is 2.47. The minimum absolute atomic E-state index is 0.193. The summed E-state index contributed by atoms with van der Waals surface area (Å²) in [4.78, 5) is 0. The van der Waals surface area contributed by atoms with E-state index in [0.717, 1.165) is 0 Å². The van der Waals surface area contributed by atoms with Gasteiger partial charge in [0.25, 0.3) is 0 Å². The summed E-state index contributed by atoms with van der Waals surface area (Å²) in [6, 6.07) is 59.4. The van der Waals surface area contributed by atoms with Crippen LogP contribution in [0, 0.1) is 0 Å². The maximum Gasteiger partial charge on any atom is 0.0162 e. The van der Waals surface area contributed by atoms with Crippen LogP contribution in [0.25, 0.3) is 87.6 Å². The van der Waals surface area contributed by atoms with Crippen LogP contribution >= 0.6 is 0 Å². The summed E-state index contributed by atoms with van der Waals surface area (Å²) in [7, 11) is 0. The Kier molecular flexibility index (Phi) is 5.89. The first kappa shape index (κ1) is 29.7. The summed E-state index contributed by atoms with van der Waals surface area (Å²) in [5, 5.41) is 10.4. The van der Waals surface area contributed by atoms with Crippen molar-refractivity contribution in [3.63, 3.8) is 0 Å². The fourth-order valence-electron chi connectivity index (χ4n) is 10.1. The fourth-order valence-corrected chi connectivity index (χ4v) is 10.1. The lowest BCUT2D eigenvalue weighted by Gasteiger charge is -2.31. The Hall–Kier alpha value is -5.98. The molecule has 9 aromatic carbocycles. The van der Waals surface area contributed by atoms with Gasteiger partial charge in [-0.3, -0.25) is 0 Å². The van der Waals surface area contributed by atoms with Crippen molar-refractivity contribution in [1.82, 2.24) is 0 Å². The Morgan fingerprint density at radius 2 is 0.673 bits per heavy atom. The summed E-state index contributed by atoms with van der Waals surface area (Å²) in [6.45, 7) is 9.87. The first-order chi connectivity index (χ1) is 25.3. The zero-order valence-corrected chi connectivity index (χ0v) is 30.0. The molecule has 0 N–H and O–H groups in total. The van der Waals surface area contributed by atoms with Gasteiger partial charge in [-0.25, -0.2) is 0 Å². The first-order valence-corrected chi connectivity index (χ1v) is 18.6. The highest BCUT2D eigenvalue weighted by Crippen LogP contribution is 2.62. The Morgan fingerprint density at radius 3 is 1.10 bits per heavy atom. The molecule has 11 rings (SSSR count). The van der Waals surface area contributed by atoms with Crippen LogP contribution in [-0.2, 0) is 10.8 Å². The third kappa shape index (κ3) is 3.87. The van der Waals surface area contributed by atoms with Crippen LogP contribution in [0.4, 0.5) is 0 Å². The van der Waals surface area contributed by atoms with Crippen LogP contribution in [0.3, 0.4) is 0 Å². The van der Waals surface area contributed by atoms with Gasteiger partial charge in [-0.15, -0.1) is 0 Å². The average molecular weight is 663 g/mol. The lowest BCUT2D eigenvalue weighted by molar-refractivity contribution is 0.601. The van der Waals surface area contributed by atoms with Crippen LogP contribution in [0.5, 0.6) is 0 Å². The van der Waals surface area contributed by atoms with Gasteiger partial charge in [0, 0.05) is 10.8 Å². The molecule has 2 aliphatic rings. The number of rotatable bonds is 2. The molecule has 246 valence electrons. The molecule has 0 atom stereocenters. The van der Waals surface area contributed by atoms with E-state index < -0.39 is 0 Å². The van der Waals surface area contributed by atoms with Gasteiger partial charge >= 0.3 is 0 Å². The van der Waals surface area contributed by atoms with E-state index in [1.165, 1.54) is 110 Å². The predicted molar refractivity (Wildman–Crippen MR) is 222 cm³/mol. The molecule has 0 heteroatoms. The predicted octanol–water partition coefficient (Wildman–Crippen LogP) is 14.2. The largest absolute Gasteiger partial charge is 0.0616 e. The van der Waals surface area contributed by atoms with E-state index in [2.05, 4.69) is 185 Å². The maximum absolute atomic E-state index is 2.52. The number of fused-ring (bicyclic) bond motifs is 13. The molecule has 0 amide bonds. The summed E-state index contributed by atoms with van der Waals surface area (Å²) < 4.78 is 0. The molecule has 0 aliphatic heterocycles. The minimum atomic E-state index is -0.193. The van der Waals surface area contributed by atoms with Crippen molar-refractivity contribution in [2.75, 3.05) is 0 Å². The van der Waals surface area contributed by atoms with Crippen LogP contribution < -0.4 is 0 Å². The van der Waals surface area contributed by atoms with Crippen LogP contribution in [0.1, 0.15) is 49.9 Å². The zero-order valence-electron chi connectivity index (χ0n) is 30.0. The Labute approximate surface area is 305 Å². The molecule has 0 spiro atoms. The molecule has 9 aromatic rings. The topological polar surface area (TPSA) is 0 Å². The monoisotopic (exact) mass is 662 g/mol. The zero-order chi connectivity index (χ0) is 34.9. The molecule has 0 heterocycles. The van der Waals surface area contributed by atoms with Crippen molar-refractivity contribution in [2.45, 2.75) is 38.5 Å². The highest BCUT2D eigenvalue weighted by atomic mass is 14.5. The lowest BCUT2D eigenvalue weighted by atomic mass is 9.72. The lowest BCUT2D eigenvalue weighted by Crippen LogP contribution is -2.24. The van der Waals surface area contributed by atoms with Crippen molar-refractivity contribution >= 4 is 43.1 Å². The molecule has 0 nitrogen and oxygen atoms in total. The van der Waals surface area contributed by atoms with Gasteiger partial charge in [0.2, 0.25) is 0 Å². The molecule has 0 saturated carbocycles. The van der Waals surface area contributed by atoms with Crippen molar-refractivity contribution in [3.05, 3.63) is 180 Å². The fraction of sp³-hybridized carbons (Fsp3) is 0.115. The second-order valence-electron chi connectivity index (χ2n) is 16.1. The SMILES string of the molecule is CC1(C)c2cc(-c3ccc4ccccc4c3)c3ccccc3c2-c2ccc3c(c21)C(C)(C)c1cc(-c2ccc4ccccc4c2)c2ccccc2c1-3. The standard InChI is InChI=1S/C52H38/c1-51(2)45-29-43(35-23-21-31-13-5-7-15-33(31)27-35)37-17-9-11-19-39(37)47(45)41-25-26-42-48-40-20-12-10-18-38(40)44(30-46(48)52(3,4)50(42)49(41)51)36-24-22-32-14-6-8-16-34(32)28-36/h5-30H,1-4H3. The molecule has 2 aliphatic carbocycles. The van der Waals surface area contributed by atoms with Gasteiger partial charge in [-0.2, -0.15) is 0 Å². The van der Waals surface area contributed by atoms with E-state index in [-0.39, 0.29) is 10.8 Å². The molecular weight excluding hydrogens is 625 g/mol. The van der Waals surface area contributed by atoms with Crippen molar-refractivity contribution in [1.29, 1.82) is 0 Å². The first-order valence-electron chi connectivity index (χ1n) is 18.6. The maximum atomic E-state index is 2.52. The third-order valence-electron chi connectivity index (χ3n) is 12.6. The summed E-state index contributed by atoms with van der Waals surface area (Å²) in [5.41, 5.74) is 16.2. The quantitative estimate of drug-likeness (QED) is 0.173. The second kappa shape index (κ2) is 10.3. The normalized spacial score (nSPS) is 14.8. The molecule has 0 radical (unpaired) electrons. The second-order valence-corrected chi connectivity index (χ2v) is 16.1. The van der Waals surface area contributed by atoms with Gasteiger partial charge in [0.15, 0.2) is 0 Å². The number of hydrogen-bond donors (Lipinski definition) is 0. The Balaban J connectivity index is 1.16. The van der Waals surface area contributed by atoms with Gasteiger partial charge in [-0.1, -0.05) is 161 Å². The smallest absolute Gasteiger partial charge is 0.0162 e. The molecule has 0 aromatic heterocycles. The highest BCUT2D eigenvalue weighted by molar-refractivity contribution is 6.13. The van der Waals surface area contributed by atoms with E-state index in [1.807, 2.05) is 0 Å². The molecule has 0 unspecified atom stereocenters. The van der Waals surface area contributed by atoms with Crippen molar-refractivity contribution < 1.29 is 0 Å². The third-order valence-corrected chi connectivity index (χ3v) is 12.6. The van der Waals surface area contributed by atoms with E-state index in [9.17, 15) is 0 Å². The van der Waals surface area contributed by atoms with E-state index in [1.54, 1.807) is 0 Å². The minimum Gasteiger partial charge on any atom is -0.0616 e. The van der Waals surface area contributed by atoms with Gasteiger partial charge in [0.1, 0.15) is 0 Å². The van der Waals surface area contributed by atoms with Gasteiger partial charge in [0.05, 0.1) is 0 Å².